The van der Waals surface area contributed by atoms with Crippen molar-refractivity contribution >= 4 is 0 Å². The number of ether oxygens (including phenoxy) is 1. The Labute approximate surface area is 69.4 Å². The zero-order valence-corrected chi connectivity index (χ0v) is 7.44. The van der Waals surface area contributed by atoms with Gasteiger partial charge in [-0.3, -0.25) is 0 Å². The monoisotopic (exact) mass is 154 g/mol. The molecule has 1 nitrogen and oxygen atoms in total. The van der Waals surface area contributed by atoms with Gasteiger partial charge in [-0.25, -0.2) is 0 Å². The van der Waals surface area contributed by atoms with Crippen LogP contribution in [-0.4, -0.2) is 13.2 Å². The third-order valence-electron chi connectivity index (χ3n) is 2.11. The lowest BCUT2D eigenvalue weighted by molar-refractivity contribution is 0.146. The van der Waals surface area contributed by atoms with E-state index in [0.717, 1.165) is 19.6 Å². The van der Waals surface area contributed by atoms with Crippen LogP contribution in [-0.2, 0) is 4.74 Å². The van der Waals surface area contributed by atoms with E-state index in [2.05, 4.69) is 13.0 Å². The summed E-state index contributed by atoms with van der Waals surface area (Å²) >= 11 is 0. The summed E-state index contributed by atoms with van der Waals surface area (Å²) in [7, 11) is 0. The third-order valence-corrected chi connectivity index (χ3v) is 2.11. The highest BCUT2D eigenvalue weighted by Gasteiger charge is 2.00. The average Bonchev–Trinajstić information content (AvgIpc) is 2.28. The van der Waals surface area contributed by atoms with Crippen LogP contribution in [0.25, 0.3) is 0 Å². The van der Waals surface area contributed by atoms with Crippen LogP contribution in [0.4, 0.5) is 0 Å². The minimum absolute atomic E-state index is 0.926. The molecular formula is C10H18O. The first-order valence-electron chi connectivity index (χ1n) is 4.69. The van der Waals surface area contributed by atoms with E-state index in [1.807, 2.05) is 0 Å². The van der Waals surface area contributed by atoms with Gasteiger partial charge in [0.2, 0.25) is 0 Å². The molecule has 0 aromatic carbocycles. The van der Waals surface area contributed by atoms with Gasteiger partial charge in [0.15, 0.2) is 0 Å². The Morgan fingerprint density at radius 2 is 2.36 bits per heavy atom. The summed E-state index contributed by atoms with van der Waals surface area (Å²) < 4.78 is 5.35. The largest absolute Gasteiger partial charge is 0.381 e. The average molecular weight is 154 g/mol. The molecule has 0 amide bonds. The molecule has 0 unspecified atom stereocenters. The van der Waals surface area contributed by atoms with Crippen LogP contribution < -0.4 is 0 Å². The highest BCUT2D eigenvalue weighted by molar-refractivity contribution is 5.02. The zero-order valence-electron chi connectivity index (χ0n) is 7.44. The van der Waals surface area contributed by atoms with E-state index in [1.54, 1.807) is 5.57 Å². The van der Waals surface area contributed by atoms with Gasteiger partial charge >= 0.3 is 0 Å². The number of hydrogen-bond acceptors (Lipinski definition) is 1. The molecule has 0 fully saturated rings. The van der Waals surface area contributed by atoms with Gasteiger partial charge in [-0.05, 0) is 25.7 Å². The van der Waals surface area contributed by atoms with Crippen LogP contribution in [0, 0.1) is 0 Å². The molecule has 1 heteroatoms. The number of rotatable bonds is 3. The number of hydrogen-bond donors (Lipinski definition) is 0. The summed E-state index contributed by atoms with van der Waals surface area (Å²) in [4.78, 5) is 0. The fraction of sp³-hybridized carbons (Fsp3) is 0.800. The molecule has 1 rings (SSSR count). The smallest absolute Gasteiger partial charge is 0.0503 e. The maximum Gasteiger partial charge on any atom is 0.0503 e. The lowest BCUT2D eigenvalue weighted by Gasteiger charge is -2.02. The highest BCUT2D eigenvalue weighted by Crippen LogP contribution is 2.14. The second-order valence-electron chi connectivity index (χ2n) is 3.12. The van der Waals surface area contributed by atoms with Crippen LogP contribution in [0.3, 0.4) is 0 Å². The van der Waals surface area contributed by atoms with Crippen molar-refractivity contribution in [3.05, 3.63) is 11.6 Å². The van der Waals surface area contributed by atoms with Gasteiger partial charge in [0, 0.05) is 0 Å². The maximum atomic E-state index is 5.35. The van der Waals surface area contributed by atoms with Gasteiger partial charge in [-0.2, -0.15) is 0 Å². The molecule has 0 atom stereocenters. The SMILES string of the molecule is CCCCC1=CCCOCC1. The van der Waals surface area contributed by atoms with Crippen LogP contribution in [0.15, 0.2) is 11.6 Å². The maximum absolute atomic E-state index is 5.35. The Kier molecular flexibility index (Phi) is 4.29. The molecule has 0 bridgehead atoms. The molecule has 0 N–H and O–H groups in total. The molecule has 0 saturated heterocycles. The predicted octanol–water partition coefficient (Wildman–Crippen LogP) is 2.91. The summed E-state index contributed by atoms with van der Waals surface area (Å²) in [6.07, 6.45) is 8.59. The van der Waals surface area contributed by atoms with E-state index >= 15 is 0 Å². The molecule has 0 radical (unpaired) electrons. The van der Waals surface area contributed by atoms with Crippen molar-refractivity contribution in [2.24, 2.45) is 0 Å². The van der Waals surface area contributed by atoms with E-state index < -0.39 is 0 Å². The minimum Gasteiger partial charge on any atom is -0.381 e. The third kappa shape index (κ3) is 3.57. The second-order valence-corrected chi connectivity index (χ2v) is 3.12. The minimum atomic E-state index is 0.926. The van der Waals surface area contributed by atoms with E-state index in [0.29, 0.717) is 0 Å². The lowest BCUT2D eigenvalue weighted by atomic mass is 10.1. The predicted molar refractivity (Wildman–Crippen MR) is 47.7 cm³/mol. The molecule has 1 aliphatic rings. The van der Waals surface area contributed by atoms with Crippen molar-refractivity contribution in [3.8, 4) is 0 Å². The Balaban J connectivity index is 2.23. The second kappa shape index (κ2) is 5.36. The number of unbranched alkanes of at least 4 members (excludes halogenated alkanes) is 1. The van der Waals surface area contributed by atoms with Crippen LogP contribution in [0.1, 0.15) is 39.0 Å². The van der Waals surface area contributed by atoms with Gasteiger partial charge in [0.25, 0.3) is 0 Å². The van der Waals surface area contributed by atoms with Crippen molar-refractivity contribution in [3.63, 3.8) is 0 Å². The van der Waals surface area contributed by atoms with Crippen molar-refractivity contribution in [2.45, 2.75) is 39.0 Å². The molecule has 64 valence electrons. The zero-order chi connectivity index (χ0) is 7.94. The summed E-state index contributed by atoms with van der Waals surface area (Å²) in [5, 5.41) is 0. The van der Waals surface area contributed by atoms with E-state index in [-0.39, 0.29) is 0 Å². The normalized spacial score (nSPS) is 19.2. The molecule has 1 aliphatic heterocycles. The van der Waals surface area contributed by atoms with Gasteiger partial charge in [0.05, 0.1) is 13.2 Å². The molecule has 11 heavy (non-hydrogen) atoms. The van der Waals surface area contributed by atoms with Gasteiger partial charge < -0.3 is 4.74 Å². The fourth-order valence-electron chi connectivity index (χ4n) is 1.38. The molecule has 0 spiro atoms. The Morgan fingerprint density at radius 1 is 1.45 bits per heavy atom. The van der Waals surface area contributed by atoms with Crippen LogP contribution in [0.5, 0.6) is 0 Å². The molecule has 1 heterocycles. The van der Waals surface area contributed by atoms with Crippen molar-refractivity contribution in [1.82, 2.24) is 0 Å². The molecule has 0 saturated carbocycles. The highest BCUT2D eigenvalue weighted by atomic mass is 16.5. The summed E-state index contributed by atoms with van der Waals surface area (Å²) in [5.41, 5.74) is 1.62. The lowest BCUT2D eigenvalue weighted by Crippen LogP contribution is -1.92. The molecule has 0 aliphatic carbocycles. The van der Waals surface area contributed by atoms with Gasteiger partial charge in [-0.15, -0.1) is 0 Å². The Morgan fingerprint density at radius 3 is 3.18 bits per heavy atom. The van der Waals surface area contributed by atoms with Crippen molar-refractivity contribution in [2.75, 3.05) is 13.2 Å². The summed E-state index contributed by atoms with van der Waals surface area (Å²) in [6.45, 7) is 4.11. The first-order valence-corrected chi connectivity index (χ1v) is 4.69. The topological polar surface area (TPSA) is 9.23 Å². The Bertz CT molecular complexity index is 127. The fourth-order valence-corrected chi connectivity index (χ4v) is 1.38. The van der Waals surface area contributed by atoms with Crippen LogP contribution >= 0.6 is 0 Å². The van der Waals surface area contributed by atoms with Gasteiger partial charge in [-0.1, -0.05) is 25.0 Å². The van der Waals surface area contributed by atoms with Crippen LogP contribution in [0.2, 0.25) is 0 Å². The molecule has 0 aromatic rings. The van der Waals surface area contributed by atoms with Crippen molar-refractivity contribution < 1.29 is 4.74 Å². The van der Waals surface area contributed by atoms with E-state index in [1.165, 1.54) is 25.7 Å². The summed E-state index contributed by atoms with van der Waals surface area (Å²) in [6, 6.07) is 0. The first kappa shape index (κ1) is 8.79. The summed E-state index contributed by atoms with van der Waals surface area (Å²) in [5.74, 6) is 0. The van der Waals surface area contributed by atoms with E-state index in [9.17, 15) is 0 Å². The standard InChI is InChI=1S/C10H18O/c1-2-3-5-10-6-4-8-11-9-7-10/h6H,2-5,7-9H2,1H3. The quantitative estimate of drug-likeness (QED) is 0.568. The molecular weight excluding hydrogens is 136 g/mol. The van der Waals surface area contributed by atoms with Gasteiger partial charge in [0.1, 0.15) is 0 Å². The molecule has 0 aromatic heterocycles. The Hall–Kier alpha value is -0.300. The van der Waals surface area contributed by atoms with E-state index in [4.69, 9.17) is 4.74 Å². The van der Waals surface area contributed by atoms with Crippen molar-refractivity contribution in [1.29, 1.82) is 0 Å². The first-order chi connectivity index (χ1) is 5.43.